The average Bonchev–Trinajstić information content (AvgIpc) is 2.84. The molecule has 1 aliphatic rings. The lowest BCUT2D eigenvalue weighted by Gasteiger charge is -2.30. The second kappa shape index (κ2) is 5.42. The molecule has 0 saturated carbocycles. The van der Waals surface area contributed by atoms with Gasteiger partial charge in [-0.25, -0.2) is 0 Å². The van der Waals surface area contributed by atoms with E-state index in [0.717, 1.165) is 42.6 Å². The second-order valence-corrected chi connectivity index (χ2v) is 6.97. The van der Waals surface area contributed by atoms with Crippen LogP contribution >= 0.6 is 23.6 Å². The summed E-state index contributed by atoms with van der Waals surface area (Å²) in [5, 5.41) is 0.791. The molecular formula is C14H19N3OS2. The summed E-state index contributed by atoms with van der Waals surface area (Å²) in [4.78, 5) is 20.4. The van der Waals surface area contributed by atoms with Crippen molar-refractivity contribution < 1.29 is 0 Å². The van der Waals surface area contributed by atoms with Crippen molar-refractivity contribution in [2.24, 2.45) is 0 Å². The standard InChI is InChI=1S/C14H19N3OS2/c1-3-10-8-11-12(20-10)15-14(19)17(13(11)18)9-4-6-16(2)7-5-9/h8-9H,3-7H2,1-2H3,(H,15,19). The molecule has 0 unspecified atom stereocenters. The number of thiophene rings is 1. The summed E-state index contributed by atoms with van der Waals surface area (Å²) >= 11 is 7.06. The number of hydrogen-bond acceptors (Lipinski definition) is 4. The van der Waals surface area contributed by atoms with Gasteiger partial charge >= 0.3 is 0 Å². The third-order valence-electron chi connectivity index (χ3n) is 4.07. The molecule has 0 atom stereocenters. The van der Waals surface area contributed by atoms with Crippen molar-refractivity contribution in [2.45, 2.75) is 32.2 Å². The Bertz CT molecular complexity index is 735. The number of likely N-dealkylation sites (tertiary alicyclic amines) is 1. The molecule has 108 valence electrons. The molecule has 0 spiro atoms. The summed E-state index contributed by atoms with van der Waals surface area (Å²) in [6, 6.07) is 2.25. The topological polar surface area (TPSA) is 41.0 Å². The molecule has 0 aromatic carbocycles. The van der Waals surface area contributed by atoms with Crippen LogP contribution in [-0.4, -0.2) is 34.6 Å². The maximum absolute atomic E-state index is 12.7. The smallest absolute Gasteiger partial charge is 0.263 e. The maximum Gasteiger partial charge on any atom is 0.263 e. The van der Waals surface area contributed by atoms with Crippen molar-refractivity contribution in [3.8, 4) is 0 Å². The van der Waals surface area contributed by atoms with Gasteiger partial charge in [0.05, 0.1) is 5.39 Å². The molecule has 1 N–H and O–H groups in total. The zero-order valence-corrected chi connectivity index (χ0v) is 13.4. The molecule has 1 fully saturated rings. The quantitative estimate of drug-likeness (QED) is 0.867. The average molecular weight is 309 g/mol. The molecule has 0 radical (unpaired) electrons. The number of nitrogens with one attached hydrogen (secondary N) is 1. The van der Waals surface area contributed by atoms with Crippen molar-refractivity contribution in [3.63, 3.8) is 0 Å². The van der Waals surface area contributed by atoms with Gasteiger partial charge in [0.1, 0.15) is 4.83 Å². The fourth-order valence-corrected chi connectivity index (χ4v) is 4.22. The van der Waals surface area contributed by atoms with Gasteiger partial charge in [-0.05, 0) is 57.7 Å². The van der Waals surface area contributed by atoms with E-state index in [1.54, 1.807) is 15.9 Å². The van der Waals surface area contributed by atoms with E-state index in [0.29, 0.717) is 4.77 Å². The number of rotatable bonds is 2. The maximum atomic E-state index is 12.7. The summed E-state index contributed by atoms with van der Waals surface area (Å²) < 4.78 is 2.37. The molecule has 2 aromatic heterocycles. The van der Waals surface area contributed by atoms with Gasteiger partial charge in [0, 0.05) is 10.9 Å². The number of fused-ring (bicyclic) bond motifs is 1. The predicted molar refractivity (Wildman–Crippen MR) is 86.4 cm³/mol. The van der Waals surface area contributed by atoms with Gasteiger partial charge in [0.15, 0.2) is 4.77 Å². The molecular weight excluding hydrogens is 290 g/mol. The first-order chi connectivity index (χ1) is 9.60. The van der Waals surface area contributed by atoms with Crippen molar-refractivity contribution in [1.82, 2.24) is 14.5 Å². The van der Waals surface area contributed by atoms with Gasteiger partial charge in [0.25, 0.3) is 5.56 Å². The van der Waals surface area contributed by atoms with Crippen molar-refractivity contribution >= 4 is 33.8 Å². The fraction of sp³-hybridized carbons (Fsp3) is 0.571. The van der Waals surface area contributed by atoms with Crippen molar-refractivity contribution in [3.05, 3.63) is 26.1 Å². The molecule has 1 aliphatic heterocycles. The first-order valence-corrected chi connectivity index (χ1v) is 8.28. The van der Waals surface area contributed by atoms with Crippen LogP contribution in [0.5, 0.6) is 0 Å². The van der Waals surface area contributed by atoms with E-state index in [4.69, 9.17) is 12.2 Å². The van der Waals surface area contributed by atoms with Crippen LogP contribution in [0.15, 0.2) is 10.9 Å². The van der Waals surface area contributed by atoms with Gasteiger partial charge in [-0.15, -0.1) is 11.3 Å². The molecule has 3 heterocycles. The number of nitrogens with zero attached hydrogens (tertiary/aromatic N) is 2. The highest BCUT2D eigenvalue weighted by molar-refractivity contribution is 7.71. The van der Waals surface area contributed by atoms with E-state index in [-0.39, 0.29) is 11.6 Å². The van der Waals surface area contributed by atoms with Crippen LogP contribution in [0.25, 0.3) is 10.2 Å². The van der Waals surface area contributed by atoms with Gasteiger partial charge in [-0.2, -0.15) is 0 Å². The van der Waals surface area contributed by atoms with Crippen LogP contribution in [0.4, 0.5) is 0 Å². The highest BCUT2D eigenvalue weighted by atomic mass is 32.1. The van der Waals surface area contributed by atoms with Crippen molar-refractivity contribution in [2.75, 3.05) is 20.1 Å². The van der Waals surface area contributed by atoms with E-state index in [1.165, 1.54) is 4.88 Å². The number of aromatic amines is 1. The zero-order valence-electron chi connectivity index (χ0n) is 11.8. The Morgan fingerprint density at radius 3 is 2.80 bits per heavy atom. The summed E-state index contributed by atoms with van der Waals surface area (Å²) in [6.07, 6.45) is 2.93. The number of aromatic nitrogens is 2. The molecule has 2 aromatic rings. The minimum atomic E-state index is 0.0780. The molecule has 0 aliphatic carbocycles. The Balaban J connectivity index is 2.11. The van der Waals surface area contributed by atoms with Gasteiger partial charge < -0.3 is 9.88 Å². The second-order valence-electron chi connectivity index (χ2n) is 5.45. The van der Waals surface area contributed by atoms with Crippen LogP contribution in [0, 0.1) is 4.77 Å². The SMILES string of the molecule is CCc1cc2c(=O)n(C3CCN(C)CC3)c(=S)[nH]c2s1. The highest BCUT2D eigenvalue weighted by Crippen LogP contribution is 2.25. The minimum Gasteiger partial charge on any atom is -0.323 e. The molecule has 4 nitrogen and oxygen atoms in total. The molecule has 0 bridgehead atoms. The molecule has 0 amide bonds. The molecule has 20 heavy (non-hydrogen) atoms. The summed E-state index contributed by atoms with van der Waals surface area (Å²) in [5.74, 6) is 0. The Morgan fingerprint density at radius 1 is 1.45 bits per heavy atom. The van der Waals surface area contributed by atoms with Crippen LogP contribution < -0.4 is 5.56 Å². The third-order valence-corrected chi connectivity index (χ3v) is 5.57. The predicted octanol–water partition coefficient (Wildman–Crippen LogP) is 2.95. The van der Waals surface area contributed by atoms with Crippen molar-refractivity contribution in [1.29, 1.82) is 0 Å². The number of piperidine rings is 1. The largest absolute Gasteiger partial charge is 0.323 e. The Kier molecular flexibility index (Phi) is 3.79. The molecule has 6 heteroatoms. The first kappa shape index (κ1) is 14.0. The highest BCUT2D eigenvalue weighted by Gasteiger charge is 2.21. The number of aryl methyl sites for hydroxylation is 1. The lowest BCUT2D eigenvalue weighted by molar-refractivity contribution is 0.217. The summed E-state index contributed by atoms with van der Waals surface area (Å²) in [7, 11) is 2.12. The first-order valence-electron chi connectivity index (χ1n) is 7.06. The fourth-order valence-electron chi connectivity index (χ4n) is 2.83. The van der Waals surface area contributed by atoms with E-state index >= 15 is 0 Å². The van der Waals surface area contributed by atoms with Crippen LogP contribution in [-0.2, 0) is 6.42 Å². The lowest BCUT2D eigenvalue weighted by Crippen LogP contribution is -2.36. The normalized spacial score (nSPS) is 17.9. The van der Waals surface area contributed by atoms with E-state index in [1.807, 2.05) is 6.07 Å². The number of H-pyrrole nitrogens is 1. The monoisotopic (exact) mass is 309 g/mol. The lowest BCUT2D eigenvalue weighted by atomic mass is 10.1. The number of hydrogen-bond donors (Lipinski definition) is 1. The van der Waals surface area contributed by atoms with Gasteiger partial charge in [-0.1, -0.05) is 6.92 Å². The Morgan fingerprint density at radius 2 is 2.15 bits per heavy atom. The summed E-state index contributed by atoms with van der Waals surface area (Å²) in [6.45, 7) is 4.15. The van der Waals surface area contributed by atoms with Gasteiger partial charge in [0.2, 0.25) is 0 Å². The van der Waals surface area contributed by atoms with Gasteiger partial charge in [-0.3, -0.25) is 9.36 Å². The minimum absolute atomic E-state index is 0.0780. The van der Waals surface area contributed by atoms with Crippen LogP contribution in [0.3, 0.4) is 0 Å². The Hall–Kier alpha value is -0.980. The van der Waals surface area contributed by atoms with E-state index < -0.39 is 0 Å². The van der Waals surface area contributed by atoms with E-state index in [9.17, 15) is 4.79 Å². The molecule has 3 rings (SSSR count). The van der Waals surface area contributed by atoms with E-state index in [2.05, 4.69) is 23.9 Å². The van der Waals surface area contributed by atoms with Crippen LogP contribution in [0.1, 0.15) is 30.7 Å². The Labute approximate surface area is 127 Å². The van der Waals surface area contributed by atoms with Crippen LogP contribution in [0.2, 0.25) is 0 Å². The summed E-state index contributed by atoms with van der Waals surface area (Å²) in [5.41, 5.74) is 0.0780. The third kappa shape index (κ3) is 2.36. The molecule has 1 saturated heterocycles. The zero-order chi connectivity index (χ0) is 14.3.